The molecule has 1 N–H and O–H groups in total. The highest BCUT2D eigenvalue weighted by Crippen LogP contribution is 2.34. The van der Waals surface area contributed by atoms with Crippen molar-refractivity contribution in [1.29, 1.82) is 0 Å². The molecule has 0 amide bonds. The smallest absolute Gasteiger partial charge is 0.262 e. The summed E-state index contributed by atoms with van der Waals surface area (Å²) in [5.41, 5.74) is 0.215. The zero-order chi connectivity index (χ0) is 18.0. The van der Waals surface area contributed by atoms with Gasteiger partial charge in [-0.2, -0.15) is 0 Å². The number of hydrogen-bond acceptors (Lipinski definition) is 3. The summed E-state index contributed by atoms with van der Waals surface area (Å²) in [6.07, 6.45) is 3.00. The van der Waals surface area contributed by atoms with E-state index in [4.69, 9.17) is 11.6 Å². The molecule has 1 heterocycles. The summed E-state index contributed by atoms with van der Waals surface area (Å²) in [6, 6.07) is 10.8. The second kappa shape index (κ2) is 6.78. The van der Waals surface area contributed by atoms with Gasteiger partial charge in [0.05, 0.1) is 10.6 Å². The molecule has 0 fully saturated rings. The van der Waals surface area contributed by atoms with Gasteiger partial charge >= 0.3 is 0 Å². The summed E-state index contributed by atoms with van der Waals surface area (Å²) in [5.74, 6) is -2.44. The van der Waals surface area contributed by atoms with Crippen molar-refractivity contribution in [3.05, 3.63) is 77.6 Å². The van der Waals surface area contributed by atoms with E-state index in [9.17, 15) is 17.2 Å². The van der Waals surface area contributed by atoms with Crippen molar-refractivity contribution in [3.63, 3.8) is 0 Å². The van der Waals surface area contributed by atoms with Gasteiger partial charge in [-0.05, 0) is 30.3 Å². The van der Waals surface area contributed by atoms with Crippen LogP contribution in [0.1, 0.15) is 0 Å². The number of pyridine rings is 1. The maximum atomic E-state index is 13.8. The van der Waals surface area contributed by atoms with Crippen LogP contribution >= 0.6 is 11.6 Å². The highest BCUT2D eigenvalue weighted by Gasteiger charge is 2.23. The van der Waals surface area contributed by atoms with Crippen molar-refractivity contribution >= 4 is 27.3 Å². The second-order valence-corrected chi connectivity index (χ2v) is 7.12. The molecule has 0 bridgehead atoms. The number of rotatable bonds is 4. The van der Waals surface area contributed by atoms with E-state index in [1.807, 2.05) is 0 Å². The fourth-order valence-corrected chi connectivity index (χ4v) is 3.95. The fourth-order valence-electron chi connectivity index (χ4n) is 2.30. The van der Waals surface area contributed by atoms with E-state index < -0.39 is 27.3 Å². The van der Waals surface area contributed by atoms with Gasteiger partial charge in [-0.3, -0.25) is 9.71 Å². The first-order chi connectivity index (χ1) is 11.9. The standard InChI is InChI=1S/C17H11ClF2N2O2S/c18-12-5-1-8-15(16(12)11-4-3-9-21-10-11)25(23,24)22-14-7-2-6-13(19)17(14)20/h1-10,22H. The van der Waals surface area contributed by atoms with E-state index in [1.165, 1.54) is 36.7 Å². The van der Waals surface area contributed by atoms with Crippen molar-refractivity contribution < 1.29 is 17.2 Å². The minimum atomic E-state index is -4.22. The van der Waals surface area contributed by atoms with Crippen LogP contribution < -0.4 is 4.72 Å². The van der Waals surface area contributed by atoms with E-state index >= 15 is 0 Å². The Hall–Kier alpha value is -2.51. The average molecular weight is 381 g/mol. The molecule has 0 unspecified atom stereocenters. The first kappa shape index (κ1) is 17.3. The van der Waals surface area contributed by atoms with Gasteiger partial charge < -0.3 is 0 Å². The van der Waals surface area contributed by atoms with E-state index in [2.05, 4.69) is 9.71 Å². The predicted molar refractivity (Wildman–Crippen MR) is 91.8 cm³/mol. The van der Waals surface area contributed by atoms with Crippen molar-refractivity contribution in [2.45, 2.75) is 4.90 Å². The van der Waals surface area contributed by atoms with Gasteiger partial charge in [-0.1, -0.05) is 29.8 Å². The molecule has 0 saturated carbocycles. The Kier molecular flexibility index (Phi) is 4.69. The van der Waals surface area contributed by atoms with Gasteiger partial charge in [0.15, 0.2) is 11.6 Å². The van der Waals surface area contributed by atoms with Crippen molar-refractivity contribution in [2.75, 3.05) is 4.72 Å². The van der Waals surface area contributed by atoms with E-state index in [0.29, 0.717) is 5.56 Å². The second-order valence-electron chi connectivity index (χ2n) is 5.06. The van der Waals surface area contributed by atoms with Gasteiger partial charge in [0, 0.05) is 28.5 Å². The molecule has 25 heavy (non-hydrogen) atoms. The average Bonchev–Trinajstić information content (AvgIpc) is 2.59. The number of nitrogens with zero attached hydrogens (tertiary/aromatic N) is 1. The highest BCUT2D eigenvalue weighted by atomic mass is 35.5. The molecule has 2 aromatic carbocycles. The normalized spacial score (nSPS) is 11.3. The van der Waals surface area contributed by atoms with Crippen molar-refractivity contribution in [3.8, 4) is 11.1 Å². The number of benzene rings is 2. The SMILES string of the molecule is O=S(=O)(Nc1cccc(F)c1F)c1cccc(Cl)c1-c1cccnc1. The number of aromatic nitrogens is 1. The summed E-state index contributed by atoms with van der Waals surface area (Å²) in [6.45, 7) is 0. The molecule has 3 aromatic rings. The minimum absolute atomic E-state index is 0.170. The number of nitrogens with one attached hydrogen (secondary N) is 1. The molecule has 0 saturated heterocycles. The van der Waals surface area contributed by atoms with E-state index in [-0.39, 0.29) is 15.5 Å². The molecule has 0 spiro atoms. The lowest BCUT2D eigenvalue weighted by molar-refractivity contribution is 0.511. The summed E-state index contributed by atoms with van der Waals surface area (Å²) < 4.78 is 54.7. The third-order valence-electron chi connectivity index (χ3n) is 3.41. The van der Waals surface area contributed by atoms with Crippen molar-refractivity contribution in [2.24, 2.45) is 0 Å². The van der Waals surface area contributed by atoms with Crippen LogP contribution in [0.3, 0.4) is 0 Å². The maximum absolute atomic E-state index is 13.8. The highest BCUT2D eigenvalue weighted by molar-refractivity contribution is 7.92. The third kappa shape index (κ3) is 3.47. The molecule has 4 nitrogen and oxygen atoms in total. The van der Waals surface area contributed by atoms with Crippen molar-refractivity contribution in [1.82, 2.24) is 4.98 Å². The zero-order valence-corrected chi connectivity index (χ0v) is 14.2. The molecule has 0 atom stereocenters. The quantitative estimate of drug-likeness (QED) is 0.726. The van der Waals surface area contributed by atoms with Crippen LogP contribution in [0, 0.1) is 11.6 Å². The molecule has 0 radical (unpaired) electrons. The number of sulfonamides is 1. The molecule has 128 valence electrons. The molecule has 0 aliphatic rings. The van der Waals surface area contributed by atoms with Crippen LogP contribution in [0.5, 0.6) is 0 Å². The topological polar surface area (TPSA) is 59.1 Å². The monoisotopic (exact) mass is 380 g/mol. The lowest BCUT2D eigenvalue weighted by Gasteiger charge is -2.14. The Morgan fingerprint density at radius 3 is 2.48 bits per heavy atom. The van der Waals surface area contributed by atoms with Gasteiger partial charge in [0.1, 0.15) is 0 Å². The number of anilines is 1. The molecule has 3 rings (SSSR count). The van der Waals surface area contributed by atoms with Gasteiger partial charge in [0.2, 0.25) is 0 Å². The fraction of sp³-hybridized carbons (Fsp3) is 0. The molecule has 0 aliphatic carbocycles. The Labute approximate surface area is 148 Å². The Balaban J connectivity index is 2.13. The van der Waals surface area contributed by atoms with Gasteiger partial charge in [-0.15, -0.1) is 0 Å². The predicted octanol–water partition coefficient (Wildman–Crippen LogP) is 4.48. The Bertz CT molecular complexity index is 1030. The van der Waals surface area contributed by atoms with Crippen LogP contribution in [0.25, 0.3) is 11.1 Å². The molecule has 0 aliphatic heterocycles. The zero-order valence-electron chi connectivity index (χ0n) is 12.6. The number of hydrogen-bond donors (Lipinski definition) is 1. The minimum Gasteiger partial charge on any atom is -0.277 e. The van der Waals surface area contributed by atoms with Crippen LogP contribution in [0.15, 0.2) is 65.8 Å². The van der Waals surface area contributed by atoms with Gasteiger partial charge in [0.25, 0.3) is 10.0 Å². The Morgan fingerprint density at radius 2 is 1.76 bits per heavy atom. The van der Waals surface area contributed by atoms with Gasteiger partial charge in [-0.25, -0.2) is 17.2 Å². The molecule has 1 aromatic heterocycles. The first-order valence-electron chi connectivity index (χ1n) is 7.06. The summed E-state index contributed by atoms with van der Waals surface area (Å²) in [4.78, 5) is 3.78. The van der Waals surface area contributed by atoms with Crippen LogP contribution in [0.2, 0.25) is 5.02 Å². The van der Waals surface area contributed by atoms with Crippen LogP contribution in [-0.4, -0.2) is 13.4 Å². The maximum Gasteiger partial charge on any atom is 0.262 e. The lowest BCUT2D eigenvalue weighted by atomic mass is 10.1. The lowest BCUT2D eigenvalue weighted by Crippen LogP contribution is -2.15. The third-order valence-corrected chi connectivity index (χ3v) is 5.13. The van der Waals surface area contributed by atoms with Crippen LogP contribution in [-0.2, 0) is 10.0 Å². The summed E-state index contributed by atoms with van der Waals surface area (Å²) in [7, 11) is -4.22. The van der Waals surface area contributed by atoms with E-state index in [0.717, 1.165) is 12.1 Å². The summed E-state index contributed by atoms with van der Waals surface area (Å²) >= 11 is 6.18. The number of halogens is 3. The van der Waals surface area contributed by atoms with Crippen LogP contribution in [0.4, 0.5) is 14.5 Å². The first-order valence-corrected chi connectivity index (χ1v) is 8.92. The van der Waals surface area contributed by atoms with E-state index in [1.54, 1.807) is 12.1 Å². The molecular weight excluding hydrogens is 370 g/mol. The largest absolute Gasteiger partial charge is 0.277 e. The molecular formula is C17H11ClF2N2O2S. The molecule has 8 heteroatoms. The Morgan fingerprint density at radius 1 is 1.00 bits per heavy atom. The summed E-state index contributed by atoms with van der Waals surface area (Å²) in [5, 5.41) is 0.190.